The number of halogens is 1. The highest BCUT2D eigenvalue weighted by atomic mass is 35.5. The van der Waals surface area contributed by atoms with Crippen molar-refractivity contribution < 1.29 is 18.8 Å². The molecule has 1 aromatic rings. The number of amides is 1. The molecule has 1 atom stereocenters. The van der Waals surface area contributed by atoms with Crippen LogP contribution >= 0.6 is 11.6 Å². The molecule has 3 rings (SSSR count). The van der Waals surface area contributed by atoms with Gasteiger partial charge in [0.25, 0.3) is 0 Å². The minimum absolute atomic E-state index is 0.00825. The zero-order chi connectivity index (χ0) is 20.4. The second-order valence-corrected chi connectivity index (χ2v) is 8.77. The van der Waals surface area contributed by atoms with Crippen LogP contribution in [0.25, 0.3) is 0 Å². The van der Waals surface area contributed by atoms with Crippen molar-refractivity contribution in [3.05, 3.63) is 12.4 Å². The maximum Gasteiger partial charge on any atom is 0.498 e. The van der Waals surface area contributed by atoms with Crippen LogP contribution in [0.5, 0.6) is 6.01 Å². The smallest absolute Gasteiger partial charge is 0.463 e. The number of ether oxygens (including phenoxy) is 1. The van der Waals surface area contributed by atoms with Crippen LogP contribution in [0.4, 0.5) is 0 Å². The van der Waals surface area contributed by atoms with E-state index in [2.05, 4.69) is 9.97 Å². The Morgan fingerprint density at radius 1 is 1.29 bits per heavy atom. The van der Waals surface area contributed by atoms with E-state index >= 15 is 0 Å². The minimum Gasteiger partial charge on any atom is -0.463 e. The van der Waals surface area contributed by atoms with Crippen molar-refractivity contribution in [2.75, 3.05) is 25.6 Å². The van der Waals surface area contributed by atoms with E-state index in [9.17, 15) is 4.79 Å². The molecule has 0 aliphatic carbocycles. The first-order valence-electron chi connectivity index (χ1n) is 9.86. The molecule has 9 heteroatoms. The Labute approximate surface area is 172 Å². The second-order valence-electron chi connectivity index (χ2n) is 8.51. The van der Waals surface area contributed by atoms with Crippen LogP contribution in [-0.2, 0) is 14.1 Å². The zero-order valence-electron chi connectivity index (χ0n) is 17.1. The van der Waals surface area contributed by atoms with Gasteiger partial charge in [0.2, 0.25) is 5.91 Å². The minimum atomic E-state index is -0.480. The van der Waals surface area contributed by atoms with Crippen molar-refractivity contribution >= 4 is 30.1 Å². The Balaban J connectivity index is 1.47. The molecular weight excluding hydrogens is 380 g/mol. The molecule has 2 aliphatic heterocycles. The van der Waals surface area contributed by atoms with Crippen molar-refractivity contribution in [2.24, 2.45) is 5.92 Å². The van der Waals surface area contributed by atoms with Crippen LogP contribution in [0.15, 0.2) is 12.4 Å². The van der Waals surface area contributed by atoms with Gasteiger partial charge in [-0.05, 0) is 52.9 Å². The SMILES string of the molecule is CC1(C)OB(c2cnc(OCCC3CCCN(C(=O)CCl)C3)nc2)OC1(C)C. The Hall–Kier alpha value is -1.38. The van der Waals surface area contributed by atoms with E-state index in [1.807, 2.05) is 32.6 Å². The van der Waals surface area contributed by atoms with E-state index < -0.39 is 18.3 Å². The topological polar surface area (TPSA) is 73.8 Å². The number of hydrogen-bond acceptors (Lipinski definition) is 6. The standard InChI is InChI=1S/C19H29BClN3O4/c1-18(2)19(3,4)28-20(27-18)15-11-22-17(23-12-15)26-9-7-14-6-5-8-24(13-14)16(25)10-21/h11-12,14H,5-10,13H2,1-4H3. The van der Waals surface area contributed by atoms with Crippen LogP contribution in [0, 0.1) is 5.92 Å². The fourth-order valence-electron chi connectivity index (χ4n) is 3.43. The zero-order valence-corrected chi connectivity index (χ0v) is 17.9. The summed E-state index contributed by atoms with van der Waals surface area (Å²) >= 11 is 5.66. The predicted octanol–water partition coefficient (Wildman–Crippen LogP) is 2.02. The number of aromatic nitrogens is 2. The Bertz CT molecular complexity index is 670. The van der Waals surface area contributed by atoms with Gasteiger partial charge in [-0.25, -0.2) is 9.97 Å². The van der Waals surface area contributed by atoms with Crippen molar-refractivity contribution in [1.82, 2.24) is 14.9 Å². The summed E-state index contributed by atoms with van der Waals surface area (Å²) in [5.74, 6) is 0.477. The van der Waals surface area contributed by atoms with E-state index in [1.54, 1.807) is 12.4 Å². The van der Waals surface area contributed by atoms with Gasteiger partial charge in [-0.2, -0.15) is 0 Å². The number of carbonyl (C=O) groups excluding carboxylic acids is 1. The lowest BCUT2D eigenvalue weighted by Gasteiger charge is -2.32. The molecule has 0 radical (unpaired) electrons. The second kappa shape index (κ2) is 8.55. The van der Waals surface area contributed by atoms with Gasteiger partial charge in [-0.1, -0.05) is 0 Å². The third kappa shape index (κ3) is 4.78. The van der Waals surface area contributed by atoms with Crippen molar-refractivity contribution in [2.45, 2.75) is 58.2 Å². The summed E-state index contributed by atoms with van der Waals surface area (Å²) in [5.41, 5.74) is -0.0227. The summed E-state index contributed by atoms with van der Waals surface area (Å²) in [6.45, 7) is 10.1. The fourth-order valence-corrected chi connectivity index (χ4v) is 3.60. The third-order valence-corrected chi connectivity index (χ3v) is 6.15. The van der Waals surface area contributed by atoms with Gasteiger partial charge in [0.05, 0.1) is 17.8 Å². The molecule has 1 unspecified atom stereocenters. The molecule has 0 saturated carbocycles. The van der Waals surface area contributed by atoms with Crippen molar-refractivity contribution in [1.29, 1.82) is 0 Å². The Morgan fingerprint density at radius 3 is 2.54 bits per heavy atom. The molecule has 2 aliphatic rings. The lowest BCUT2D eigenvalue weighted by molar-refractivity contribution is -0.130. The molecule has 7 nitrogen and oxygen atoms in total. The molecule has 2 fully saturated rings. The van der Waals surface area contributed by atoms with Crippen molar-refractivity contribution in [3.63, 3.8) is 0 Å². The summed E-state index contributed by atoms with van der Waals surface area (Å²) in [5, 5.41) is 0. The van der Waals surface area contributed by atoms with Gasteiger partial charge < -0.3 is 18.9 Å². The number of rotatable bonds is 6. The van der Waals surface area contributed by atoms with Gasteiger partial charge in [0, 0.05) is 30.9 Å². The third-order valence-electron chi connectivity index (χ3n) is 5.92. The maximum absolute atomic E-state index is 11.8. The van der Waals surface area contributed by atoms with E-state index in [1.165, 1.54) is 0 Å². The number of piperidine rings is 1. The molecule has 1 amide bonds. The first-order valence-corrected chi connectivity index (χ1v) is 10.4. The lowest BCUT2D eigenvalue weighted by atomic mass is 9.81. The average Bonchev–Trinajstić information content (AvgIpc) is 2.89. The van der Waals surface area contributed by atoms with E-state index in [0.29, 0.717) is 18.5 Å². The quantitative estimate of drug-likeness (QED) is 0.529. The summed E-state index contributed by atoms with van der Waals surface area (Å²) in [7, 11) is -0.480. The fraction of sp³-hybridized carbons (Fsp3) is 0.737. The highest BCUT2D eigenvalue weighted by Crippen LogP contribution is 2.36. The number of hydrogen-bond donors (Lipinski definition) is 0. The molecule has 0 N–H and O–H groups in total. The normalized spacial score (nSPS) is 23.7. The van der Waals surface area contributed by atoms with E-state index in [-0.39, 0.29) is 11.8 Å². The van der Waals surface area contributed by atoms with E-state index in [0.717, 1.165) is 37.8 Å². The molecule has 0 aromatic carbocycles. The van der Waals surface area contributed by atoms with Crippen LogP contribution in [-0.4, -0.2) is 64.7 Å². The van der Waals surface area contributed by atoms with E-state index in [4.69, 9.17) is 25.6 Å². The van der Waals surface area contributed by atoms with Gasteiger partial charge in [-0.15, -0.1) is 11.6 Å². The van der Waals surface area contributed by atoms with Crippen LogP contribution in [0.2, 0.25) is 0 Å². The van der Waals surface area contributed by atoms with Crippen LogP contribution in [0.3, 0.4) is 0 Å². The molecular formula is C19H29BClN3O4. The number of alkyl halides is 1. The van der Waals surface area contributed by atoms with Gasteiger partial charge in [-0.3, -0.25) is 4.79 Å². The lowest BCUT2D eigenvalue weighted by Crippen LogP contribution is -2.41. The molecule has 1 aromatic heterocycles. The monoisotopic (exact) mass is 409 g/mol. The maximum atomic E-state index is 11.8. The molecule has 154 valence electrons. The molecule has 2 saturated heterocycles. The summed E-state index contributed by atoms with van der Waals surface area (Å²) in [4.78, 5) is 22.2. The van der Waals surface area contributed by atoms with Gasteiger partial charge in [0.1, 0.15) is 5.88 Å². The van der Waals surface area contributed by atoms with Gasteiger partial charge >= 0.3 is 13.1 Å². The highest BCUT2D eigenvalue weighted by molar-refractivity contribution is 6.61. The molecule has 0 spiro atoms. The van der Waals surface area contributed by atoms with Crippen LogP contribution < -0.4 is 10.2 Å². The largest absolute Gasteiger partial charge is 0.498 e. The number of likely N-dealkylation sites (tertiary alicyclic amines) is 1. The summed E-state index contributed by atoms with van der Waals surface area (Å²) < 4.78 is 17.7. The summed E-state index contributed by atoms with van der Waals surface area (Å²) in [6, 6.07) is 0.338. The number of nitrogens with zero attached hydrogens (tertiary/aromatic N) is 3. The van der Waals surface area contributed by atoms with Gasteiger partial charge in [0.15, 0.2) is 0 Å². The first kappa shape index (κ1) is 21.3. The summed E-state index contributed by atoms with van der Waals surface area (Å²) in [6.07, 6.45) is 6.33. The average molecular weight is 410 g/mol. The predicted molar refractivity (Wildman–Crippen MR) is 108 cm³/mol. The Kier molecular flexibility index (Phi) is 6.52. The highest BCUT2D eigenvalue weighted by Gasteiger charge is 2.51. The Morgan fingerprint density at radius 2 is 1.93 bits per heavy atom. The van der Waals surface area contributed by atoms with Crippen LogP contribution in [0.1, 0.15) is 47.0 Å². The first-order chi connectivity index (χ1) is 13.2. The molecule has 28 heavy (non-hydrogen) atoms. The van der Waals surface area contributed by atoms with Crippen molar-refractivity contribution in [3.8, 4) is 6.01 Å². The molecule has 3 heterocycles. The molecule has 0 bridgehead atoms. The number of carbonyl (C=O) groups is 1.